The molecule has 2 aliphatic heterocycles. The number of methoxy groups -OCH3 is 1. The van der Waals surface area contributed by atoms with Gasteiger partial charge in [-0.25, -0.2) is 0 Å². The summed E-state index contributed by atoms with van der Waals surface area (Å²) < 4.78 is 11.8. The van der Waals surface area contributed by atoms with Gasteiger partial charge in [-0.2, -0.15) is 0 Å². The average Bonchev–Trinajstić information content (AvgIpc) is 2.76. The summed E-state index contributed by atoms with van der Waals surface area (Å²) in [6.07, 6.45) is 2.19. The van der Waals surface area contributed by atoms with Crippen LogP contribution >= 0.6 is 0 Å². The third kappa shape index (κ3) is 1.51. The first-order valence-electron chi connectivity index (χ1n) is 5.84. The first-order valence-corrected chi connectivity index (χ1v) is 5.84. The Kier molecular flexibility index (Phi) is 2.37. The van der Waals surface area contributed by atoms with Crippen LogP contribution in [0.3, 0.4) is 0 Å². The van der Waals surface area contributed by atoms with E-state index in [9.17, 15) is 0 Å². The maximum atomic E-state index is 6.17. The maximum absolute atomic E-state index is 6.17. The average molecular weight is 219 g/mol. The summed E-state index contributed by atoms with van der Waals surface area (Å²) in [5.41, 5.74) is 1.14. The molecule has 0 saturated carbocycles. The van der Waals surface area contributed by atoms with Crippen LogP contribution in [-0.4, -0.2) is 25.8 Å². The number of fused-ring (bicyclic) bond motifs is 1. The van der Waals surface area contributed by atoms with Crippen molar-refractivity contribution in [3.8, 4) is 5.75 Å². The van der Waals surface area contributed by atoms with Gasteiger partial charge in [0.05, 0.1) is 6.10 Å². The molecule has 2 atom stereocenters. The number of rotatable bonds is 1. The quantitative estimate of drug-likeness (QED) is 0.782. The Bertz CT molecular complexity index is 385. The van der Waals surface area contributed by atoms with Crippen LogP contribution in [0.1, 0.15) is 24.5 Å². The monoisotopic (exact) mass is 219 g/mol. The molecule has 1 aromatic carbocycles. The minimum Gasteiger partial charge on any atom is -0.485 e. The molecule has 1 fully saturated rings. The van der Waals surface area contributed by atoms with Crippen molar-refractivity contribution in [3.05, 3.63) is 29.8 Å². The van der Waals surface area contributed by atoms with E-state index in [0.717, 1.165) is 31.7 Å². The van der Waals surface area contributed by atoms with Crippen LogP contribution < -0.4 is 10.1 Å². The molecule has 3 heteroatoms. The van der Waals surface area contributed by atoms with Crippen molar-refractivity contribution in [3.63, 3.8) is 0 Å². The first kappa shape index (κ1) is 10.1. The van der Waals surface area contributed by atoms with Crippen molar-refractivity contribution in [1.82, 2.24) is 5.32 Å². The highest BCUT2D eigenvalue weighted by Gasteiger charge is 2.43. The van der Waals surface area contributed by atoms with Crippen LogP contribution in [0.15, 0.2) is 24.3 Å². The summed E-state index contributed by atoms with van der Waals surface area (Å²) in [7, 11) is 1.78. The minimum atomic E-state index is -0.0466. The highest BCUT2D eigenvalue weighted by Crippen LogP contribution is 2.43. The van der Waals surface area contributed by atoms with E-state index in [-0.39, 0.29) is 11.7 Å². The van der Waals surface area contributed by atoms with E-state index >= 15 is 0 Å². The molecule has 0 aliphatic carbocycles. The van der Waals surface area contributed by atoms with Crippen LogP contribution in [0.25, 0.3) is 0 Å². The number of hydrogen-bond donors (Lipinski definition) is 1. The highest BCUT2D eigenvalue weighted by atomic mass is 16.5. The van der Waals surface area contributed by atoms with Gasteiger partial charge in [-0.05, 0) is 12.6 Å². The van der Waals surface area contributed by atoms with Crippen LogP contribution in [0, 0.1) is 0 Å². The van der Waals surface area contributed by atoms with E-state index in [1.807, 2.05) is 18.2 Å². The minimum absolute atomic E-state index is 0.0466. The molecule has 0 bridgehead atoms. The number of benzene rings is 1. The lowest BCUT2D eigenvalue weighted by molar-refractivity contribution is -0.0202. The van der Waals surface area contributed by atoms with Crippen LogP contribution in [0.4, 0.5) is 0 Å². The predicted octanol–water partition coefficient (Wildman–Crippen LogP) is 1.89. The molecule has 16 heavy (non-hydrogen) atoms. The zero-order chi connectivity index (χ0) is 11.0. The van der Waals surface area contributed by atoms with Crippen molar-refractivity contribution in [2.75, 3.05) is 20.2 Å². The molecule has 1 N–H and O–H groups in total. The molecular formula is C13H17NO2. The van der Waals surface area contributed by atoms with Crippen molar-refractivity contribution >= 4 is 0 Å². The van der Waals surface area contributed by atoms with Gasteiger partial charge in [-0.3, -0.25) is 0 Å². The number of hydrogen-bond acceptors (Lipinski definition) is 3. The Hall–Kier alpha value is -1.06. The zero-order valence-electron chi connectivity index (χ0n) is 9.53. The van der Waals surface area contributed by atoms with Gasteiger partial charge in [0.1, 0.15) is 11.4 Å². The largest absolute Gasteiger partial charge is 0.485 e. The van der Waals surface area contributed by atoms with Crippen molar-refractivity contribution in [1.29, 1.82) is 0 Å². The Morgan fingerprint density at radius 1 is 1.44 bits per heavy atom. The number of nitrogens with one attached hydrogen (secondary N) is 1. The van der Waals surface area contributed by atoms with Crippen LogP contribution in [0.5, 0.6) is 5.75 Å². The van der Waals surface area contributed by atoms with E-state index < -0.39 is 0 Å². The second-order valence-corrected chi connectivity index (χ2v) is 4.68. The number of para-hydroxylation sites is 1. The van der Waals surface area contributed by atoms with Gasteiger partial charge in [-0.1, -0.05) is 18.2 Å². The summed E-state index contributed by atoms with van der Waals surface area (Å²) >= 11 is 0. The molecular weight excluding hydrogens is 202 g/mol. The normalized spacial score (nSPS) is 32.4. The van der Waals surface area contributed by atoms with E-state index in [2.05, 4.69) is 11.4 Å². The SMILES string of the molecule is COC1CC2(CCNC2)Oc2ccccc21. The van der Waals surface area contributed by atoms with E-state index in [1.165, 1.54) is 5.56 Å². The lowest BCUT2D eigenvalue weighted by Gasteiger charge is -2.38. The van der Waals surface area contributed by atoms with Crippen LogP contribution in [0.2, 0.25) is 0 Å². The standard InChI is InChI=1S/C13H17NO2/c1-15-12-8-13(6-7-14-9-13)16-11-5-3-2-4-10(11)12/h2-5,12,14H,6-9H2,1H3. The molecule has 1 spiro atoms. The molecule has 2 unspecified atom stereocenters. The second-order valence-electron chi connectivity index (χ2n) is 4.68. The van der Waals surface area contributed by atoms with Crippen molar-refractivity contribution in [2.45, 2.75) is 24.5 Å². The molecule has 3 rings (SSSR count). The van der Waals surface area contributed by atoms with E-state index in [0.29, 0.717) is 0 Å². The smallest absolute Gasteiger partial charge is 0.126 e. The molecule has 0 aromatic heterocycles. The molecule has 2 heterocycles. The van der Waals surface area contributed by atoms with Gasteiger partial charge >= 0.3 is 0 Å². The van der Waals surface area contributed by atoms with Crippen LogP contribution in [-0.2, 0) is 4.74 Å². The Balaban J connectivity index is 1.98. The Morgan fingerprint density at radius 3 is 3.06 bits per heavy atom. The van der Waals surface area contributed by atoms with E-state index in [4.69, 9.17) is 9.47 Å². The highest BCUT2D eigenvalue weighted by molar-refractivity contribution is 5.38. The third-order valence-electron chi connectivity index (χ3n) is 3.64. The zero-order valence-corrected chi connectivity index (χ0v) is 9.53. The second kappa shape index (κ2) is 3.75. The molecule has 0 amide bonds. The molecule has 2 aliphatic rings. The lowest BCUT2D eigenvalue weighted by atomic mass is 9.88. The summed E-state index contributed by atoms with van der Waals surface area (Å²) in [4.78, 5) is 0. The molecule has 1 aromatic rings. The molecule has 0 radical (unpaired) electrons. The summed E-state index contributed by atoms with van der Waals surface area (Å²) in [6, 6.07) is 8.20. The maximum Gasteiger partial charge on any atom is 0.126 e. The van der Waals surface area contributed by atoms with Gasteiger partial charge in [0.2, 0.25) is 0 Å². The van der Waals surface area contributed by atoms with Gasteiger partial charge in [-0.15, -0.1) is 0 Å². The van der Waals surface area contributed by atoms with Gasteiger partial charge in [0, 0.05) is 32.1 Å². The Morgan fingerprint density at radius 2 is 2.31 bits per heavy atom. The topological polar surface area (TPSA) is 30.5 Å². The summed E-state index contributed by atoms with van der Waals surface area (Å²) in [6.45, 7) is 1.97. The third-order valence-corrected chi connectivity index (χ3v) is 3.64. The molecule has 86 valence electrons. The van der Waals surface area contributed by atoms with Gasteiger partial charge in [0.15, 0.2) is 0 Å². The first-order chi connectivity index (χ1) is 7.83. The number of ether oxygens (including phenoxy) is 2. The predicted molar refractivity (Wildman–Crippen MR) is 61.7 cm³/mol. The van der Waals surface area contributed by atoms with Crippen molar-refractivity contribution < 1.29 is 9.47 Å². The van der Waals surface area contributed by atoms with E-state index in [1.54, 1.807) is 7.11 Å². The van der Waals surface area contributed by atoms with Gasteiger partial charge in [0.25, 0.3) is 0 Å². The van der Waals surface area contributed by atoms with Crippen molar-refractivity contribution in [2.24, 2.45) is 0 Å². The summed E-state index contributed by atoms with van der Waals surface area (Å²) in [5.74, 6) is 0.990. The fraction of sp³-hybridized carbons (Fsp3) is 0.538. The summed E-state index contributed by atoms with van der Waals surface area (Å²) in [5, 5.41) is 3.38. The fourth-order valence-corrected chi connectivity index (χ4v) is 2.75. The fourth-order valence-electron chi connectivity index (χ4n) is 2.75. The lowest BCUT2D eigenvalue weighted by Crippen LogP contribution is -2.43. The molecule has 3 nitrogen and oxygen atoms in total. The Labute approximate surface area is 95.8 Å². The molecule has 1 saturated heterocycles. The van der Waals surface area contributed by atoms with Gasteiger partial charge < -0.3 is 14.8 Å².